The summed E-state index contributed by atoms with van der Waals surface area (Å²) in [5, 5.41) is 2.94. The van der Waals surface area contributed by atoms with Crippen LogP contribution < -0.4 is 5.32 Å². The third-order valence-corrected chi connectivity index (χ3v) is 3.71. The summed E-state index contributed by atoms with van der Waals surface area (Å²) in [6.07, 6.45) is 2.79. The number of aryl methyl sites for hydroxylation is 1. The molecule has 1 heterocycles. The van der Waals surface area contributed by atoms with Gasteiger partial charge in [-0.2, -0.15) is 0 Å². The minimum Gasteiger partial charge on any atom is -0.376 e. The molecule has 1 aromatic carbocycles. The van der Waals surface area contributed by atoms with E-state index in [1.54, 1.807) is 0 Å². The first-order valence-electron chi connectivity index (χ1n) is 6.28. The summed E-state index contributed by atoms with van der Waals surface area (Å²) >= 11 is 3.43. The van der Waals surface area contributed by atoms with Crippen LogP contribution in [0.5, 0.6) is 0 Å². The van der Waals surface area contributed by atoms with Gasteiger partial charge in [0.1, 0.15) is 0 Å². The Hall–Kier alpha value is -0.870. The molecule has 1 unspecified atom stereocenters. The molecule has 0 aliphatic carbocycles. The highest BCUT2D eigenvalue weighted by atomic mass is 79.9. The molecule has 0 bridgehead atoms. The largest absolute Gasteiger partial charge is 0.376 e. The van der Waals surface area contributed by atoms with E-state index in [2.05, 4.69) is 21.2 Å². The van der Waals surface area contributed by atoms with E-state index < -0.39 is 0 Å². The first kappa shape index (κ1) is 13.6. The molecule has 1 amide bonds. The van der Waals surface area contributed by atoms with Crippen molar-refractivity contribution in [2.24, 2.45) is 0 Å². The zero-order valence-corrected chi connectivity index (χ0v) is 12.1. The summed E-state index contributed by atoms with van der Waals surface area (Å²) in [7, 11) is 0. The first-order chi connectivity index (χ1) is 8.65. The number of halogens is 1. The zero-order valence-electron chi connectivity index (χ0n) is 10.5. The van der Waals surface area contributed by atoms with Gasteiger partial charge in [-0.1, -0.05) is 22.0 Å². The van der Waals surface area contributed by atoms with Crippen LogP contribution in [0.4, 0.5) is 0 Å². The van der Waals surface area contributed by atoms with Gasteiger partial charge in [0.2, 0.25) is 5.91 Å². The number of rotatable bonds is 4. The molecule has 1 aromatic rings. The van der Waals surface area contributed by atoms with Crippen molar-refractivity contribution in [1.29, 1.82) is 0 Å². The second-order valence-corrected chi connectivity index (χ2v) is 5.60. The molecule has 0 radical (unpaired) electrons. The average molecular weight is 312 g/mol. The number of nitrogens with one attached hydrogen (secondary N) is 1. The molecule has 98 valence electrons. The van der Waals surface area contributed by atoms with Gasteiger partial charge in [-0.25, -0.2) is 0 Å². The van der Waals surface area contributed by atoms with E-state index in [4.69, 9.17) is 4.74 Å². The highest BCUT2D eigenvalue weighted by Gasteiger charge is 2.16. The van der Waals surface area contributed by atoms with E-state index in [9.17, 15) is 4.79 Å². The van der Waals surface area contributed by atoms with Crippen molar-refractivity contribution in [2.75, 3.05) is 13.2 Å². The van der Waals surface area contributed by atoms with Crippen LogP contribution in [-0.4, -0.2) is 25.2 Å². The van der Waals surface area contributed by atoms with Crippen LogP contribution in [0, 0.1) is 6.92 Å². The maximum Gasteiger partial charge on any atom is 0.224 e. The molecule has 1 atom stereocenters. The fourth-order valence-electron chi connectivity index (χ4n) is 2.10. The Morgan fingerprint density at radius 3 is 3.11 bits per heavy atom. The zero-order chi connectivity index (χ0) is 13.0. The van der Waals surface area contributed by atoms with Crippen LogP contribution in [0.1, 0.15) is 24.0 Å². The van der Waals surface area contributed by atoms with Crippen molar-refractivity contribution in [2.45, 2.75) is 32.3 Å². The lowest BCUT2D eigenvalue weighted by atomic mass is 10.1. The van der Waals surface area contributed by atoms with E-state index >= 15 is 0 Å². The van der Waals surface area contributed by atoms with Crippen LogP contribution >= 0.6 is 15.9 Å². The molecule has 1 fully saturated rings. The van der Waals surface area contributed by atoms with Crippen LogP contribution in [0.25, 0.3) is 0 Å². The topological polar surface area (TPSA) is 38.3 Å². The Morgan fingerprint density at radius 2 is 2.39 bits per heavy atom. The summed E-state index contributed by atoms with van der Waals surface area (Å²) in [4.78, 5) is 11.9. The fraction of sp³-hybridized carbons (Fsp3) is 0.500. The number of benzene rings is 1. The van der Waals surface area contributed by atoms with Gasteiger partial charge in [0.15, 0.2) is 0 Å². The van der Waals surface area contributed by atoms with Crippen molar-refractivity contribution < 1.29 is 9.53 Å². The van der Waals surface area contributed by atoms with Gasteiger partial charge in [0.25, 0.3) is 0 Å². The minimum absolute atomic E-state index is 0.0618. The van der Waals surface area contributed by atoms with E-state index in [-0.39, 0.29) is 12.0 Å². The molecule has 3 nitrogen and oxygen atoms in total. The van der Waals surface area contributed by atoms with Gasteiger partial charge in [-0.15, -0.1) is 0 Å². The van der Waals surface area contributed by atoms with Crippen LogP contribution in [0.15, 0.2) is 22.7 Å². The van der Waals surface area contributed by atoms with Gasteiger partial charge in [-0.05, 0) is 43.0 Å². The summed E-state index contributed by atoms with van der Waals surface area (Å²) in [5.41, 5.74) is 2.21. The Balaban J connectivity index is 1.84. The van der Waals surface area contributed by atoms with Gasteiger partial charge >= 0.3 is 0 Å². The SMILES string of the molecule is Cc1ccc(Br)cc1CC(=O)NCC1CCCO1. The van der Waals surface area contributed by atoms with Crippen LogP contribution in [0.3, 0.4) is 0 Å². The van der Waals surface area contributed by atoms with Gasteiger partial charge < -0.3 is 10.1 Å². The third-order valence-electron chi connectivity index (χ3n) is 3.21. The highest BCUT2D eigenvalue weighted by molar-refractivity contribution is 9.10. The molecule has 4 heteroatoms. The van der Waals surface area contributed by atoms with E-state index in [0.29, 0.717) is 13.0 Å². The monoisotopic (exact) mass is 311 g/mol. The van der Waals surface area contributed by atoms with Crippen molar-refractivity contribution >= 4 is 21.8 Å². The maximum absolute atomic E-state index is 11.9. The number of carbonyl (C=O) groups is 1. The lowest BCUT2D eigenvalue weighted by molar-refractivity contribution is -0.120. The lowest BCUT2D eigenvalue weighted by Gasteiger charge is -2.11. The highest BCUT2D eigenvalue weighted by Crippen LogP contribution is 2.16. The minimum atomic E-state index is 0.0618. The molecular formula is C14H18BrNO2. The molecule has 0 spiro atoms. The molecule has 18 heavy (non-hydrogen) atoms. The Labute approximate surface area is 116 Å². The number of amides is 1. The second-order valence-electron chi connectivity index (χ2n) is 4.69. The summed E-state index contributed by atoms with van der Waals surface area (Å²) in [6, 6.07) is 6.01. The van der Waals surface area contributed by atoms with Crippen molar-refractivity contribution in [3.05, 3.63) is 33.8 Å². The molecule has 0 saturated carbocycles. The fourth-order valence-corrected chi connectivity index (χ4v) is 2.51. The Morgan fingerprint density at radius 1 is 1.56 bits per heavy atom. The molecule has 1 N–H and O–H groups in total. The van der Waals surface area contributed by atoms with Gasteiger partial charge in [-0.3, -0.25) is 4.79 Å². The standard InChI is InChI=1S/C14H18BrNO2/c1-10-4-5-12(15)7-11(10)8-14(17)16-9-13-3-2-6-18-13/h4-5,7,13H,2-3,6,8-9H2,1H3,(H,16,17). The van der Waals surface area contributed by atoms with Crippen molar-refractivity contribution in [3.63, 3.8) is 0 Å². The predicted octanol–water partition coefficient (Wildman–Crippen LogP) is 2.60. The maximum atomic E-state index is 11.9. The molecule has 1 aliphatic rings. The molecular weight excluding hydrogens is 294 g/mol. The number of carbonyl (C=O) groups excluding carboxylic acids is 1. The van der Waals surface area contributed by atoms with E-state index in [0.717, 1.165) is 35.0 Å². The molecule has 2 rings (SSSR count). The van der Waals surface area contributed by atoms with Crippen molar-refractivity contribution in [3.8, 4) is 0 Å². The summed E-state index contributed by atoms with van der Waals surface area (Å²) < 4.78 is 6.48. The van der Waals surface area contributed by atoms with Crippen LogP contribution in [0.2, 0.25) is 0 Å². The first-order valence-corrected chi connectivity index (χ1v) is 7.08. The smallest absolute Gasteiger partial charge is 0.224 e. The van der Waals surface area contributed by atoms with Gasteiger partial charge in [0, 0.05) is 17.6 Å². The quantitative estimate of drug-likeness (QED) is 0.928. The van der Waals surface area contributed by atoms with Gasteiger partial charge in [0.05, 0.1) is 12.5 Å². The number of hydrogen-bond donors (Lipinski definition) is 1. The normalized spacial score (nSPS) is 18.9. The van der Waals surface area contributed by atoms with Crippen molar-refractivity contribution in [1.82, 2.24) is 5.32 Å². The molecule has 1 saturated heterocycles. The molecule has 0 aromatic heterocycles. The summed E-state index contributed by atoms with van der Waals surface area (Å²) in [5.74, 6) is 0.0618. The Bertz CT molecular complexity index is 428. The average Bonchev–Trinajstić information content (AvgIpc) is 2.84. The predicted molar refractivity (Wildman–Crippen MR) is 74.6 cm³/mol. The third kappa shape index (κ3) is 3.82. The number of hydrogen-bond acceptors (Lipinski definition) is 2. The Kier molecular flexibility index (Phi) is 4.78. The second kappa shape index (κ2) is 6.34. The van der Waals surface area contributed by atoms with E-state index in [1.165, 1.54) is 0 Å². The molecule has 1 aliphatic heterocycles. The van der Waals surface area contributed by atoms with E-state index in [1.807, 2.05) is 25.1 Å². The van der Waals surface area contributed by atoms with Crippen LogP contribution in [-0.2, 0) is 16.0 Å². The summed E-state index contributed by atoms with van der Waals surface area (Å²) in [6.45, 7) is 3.48. The number of ether oxygens (including phenoxy) is 1. The lowest BCUT2D eigenvalue weighted by Crippen LogP contribution is -2.32.